The smallest absolute Gasteiger partial charge is 0.335 e. The van der Waals surface area contributed by atoms with Crippen LogP contribution in [0.4, 0.5) is 14.5 Å². The number of carboxylic acid groups (broad SMARTS) is 1. The van der Waals surface area contributed by atoms with Crippen LogP contribution in [0.3, 0.4) is 0 Å². The predicted octanol–water partition coefficient (Wildman–Crippen LogP) is 3.26. The van der Waals surface area contributed by atoms with Crippen molar-refractivity contribution in [2.24, 2.45) is 11.8 Å². The predicted molar refractivity (Wildman–Crippen MR) is 66.2 cm³/mol. The van der Waals surface area contributed by atoms with E-state index in [0.29, 0.717) is 11.8 Å². The summed E-state index contributed by atoms with van der Waals surface area (Å²) < 4.78 is 27.7. The van der Waals surface area contributed by atoms with Gasteiger partial charge in [-0.05, 0) is 49.7 Å². The van der Waals surface area contributed by atoms with Crippen LogP contribution in [0.2, 0.25) is 0 Å². The van der Waals surface area contributed by atoms with Crippen molar-refractivity contribution in [3.8, 4) is 0 Å². The van der Waals surface area contributed by atoms with Crippen molar-refractivity contribution in [2.45, 2.75) is 31.7 Å². The van der Waals surface area contributed by atoms with Gasteiger partial charge in [-0.2, -0.15) is 0 Å². The van der Waals surface area contributed by atoms with Gasteiger partial charge in [-0.25, -0.2) is 13.6 Å². The molecule has 5 heteroatoms. The maximum Gasteiger partial charge on any atom is 0.335 e. The van der Waals surface area contributed by atoms with Crippen molar-refractivity contribution in [1.82, 2.24) is 0 Å². The Morgan fingerprint density at radius 1 is 1.16 bits per heavy atom. The van der Waals surface area contributed by atoms with Gasteiger partial charge in [0.25, 0.3) is 0 Å². The Morgan fingerprint density at radius 3 is 2.00 bits per heavy atom. The van der Waals surface area contributed by atoms with Crippen LogP contribution in [0.1, 0.15) is 36.0 Å². The third kappa shape index (κ3) is 2.55. The molecule has 0 spiro atoms. The molecule has 0 unspecified atom stereocenters. The van der Waals surface area contributed by atoms with E-state index in [-0.39, 0.29) is 17.3 Å². The molecular formula is C14H15F2NO2. The first kappa shape index (κ1) is 12.4. The summed E-state index contributed by atoms with van der Waals surface area (Å²) >= 11 is 0. The fraction of sp³-hybridized carbons (Fsp3) is 0.500. The van der Waals surface area contributed by atoms with Gasteiger partial charge in [-0.3, -0.25) is 0 Å². The summed E-state index contributed by atoms with van der Waals surface area (Å²) in [5.41, 5.74) is -0.552. The summed E-state index contributed by atoms with van der Waals surface area (Å²) in [6.45, 7) is 0. The van der Waals surface area contributed by atoms with Crippen molar-refractivity contribution in [3.63, 3.8) is 0 Å². The molecule has 2 aliphatic rings. The van der Waals surface area contributed by atoms with E-state index in [4.69, 9.17) is 5.11 Å². The minimum atomic E-state index is -1.33. The zero-order valence-corrected chi connectivity index (χ0v) is 10.3. The molecular weight excluding hydrogens is 252 g/mol. The molecule has 0 amide bonds. The van der Waals surface area contributed by atoms with E-state index in [9.17, 15) is 13.6 Å². The standard InChI is InChI=1S/C14H15F2NO2/c15-10-5-9(14(18)19)6-11(16)13(10)17-12(7-1-2-7)8-3-4-8/h5-8,12,17H,1-4H2,(H,18,19). The number of carbonyl (C=O) groups is 1. The van der Waals surface area contributed by atoms with Gasteiger partial charge in [0.2, 0.25) is 0 Å². The number of hydrogen-bond acceptors (Lipinski definition) is 2. The minimum Gasteiger partial charge on any atom is -0.478 e. The Hall–Kier alpha value is -1.65. The molecule has 19 heavy (non-hydrogen) atoms. The largest absolute Gasteiger partial charge is 0.478 e. The first-order valence-electron chi connectivity index (χ1n) is 6.55. The number of anilines is 1. The summed E-state index contributed by atoms with van der Waals surface area (Å²) in [7, 11) is 0. The second-order valence-electron chi connectivity index (χ2n) is 5.47. The summed E-state index contributed by atoms with van der Waals surface area (Å²) in [5.74, 6) is -1.98. The van der Waals surface area contributed by atoms with Crippen molar-refractivity contribution < 1.29 is 18.7 Å². The highest BCUT2D eigenvalue weighted by molar-refractivity contribution is 5.88. The molecule has 2 aliphatic carbocycles. The van der Waals surface area contributed by atoms with Crippen LogP contribution in [-0.2, 0) is 0 Å². The lowest BCUT2D eigenvalue weighted by Crippen LogP contribution is -2.25. The Bertz CT molecular complexity index is 489. The maximum atomic E-state index is 13.8. The Balaban J connectivity index is 1.85. The van der Waals surface area contributed by atoms with E-state index in [1.807, 2.05) is 0 Å². The zero-order valence-electron chi connectivity index (χ0n) is 10.3. The lowest BCUT2D eigenvalue weighted by atomic mass is 10.1. The second kappa shape index (κ2) is 4.47. The van der Waals surface area contributed by atoms with E-state index in [0.717, 1.165) is 37.8 Å². The molecule has 0 heterocycles. The van der Waals surface area contributed by atoms with Gasteiger partial charge in [-0.15, -0.1) is 0 Å². The molecule has 0 atom stereocenters. The number of aromatic carboxylic acids is 1. The number of benzene rings is 1. The van der Waals surface area contributed by atoms with Crippen LogP contribution in [0.5, 0.6) is 0 Å². The van der Waals surface area contributed by atoms with E-state index in [2.05, 4.69) is 5.32 Å². The maximum absolute atomic E-state index is 13.8. The van der Waals surface area contributed by atoms with Gasteiger partial charge >= 0.3 is 5.97 Å². The summed E-state index contributed by atoms with van der Waals surface area (Å²) in [5, 5.41) is 11.7. The summed E-state index contributed by atoms with van der Waals surface area (Å²) in [4.78, 5) is 10.7. The van der Waals surface area contributed by atoms with Crippen molar-refractivity contribution >= 4 is 11.7 Å². The second-order valence-corrected chi connectivity index (χ2v) is 5.47. The van der Waals surface area contributed by atoms with E-state index < -0.39 is 17.6 Å². The third-order valence-corrected chi connectivity index (χ3v) is 3.86. The molecule has 0 aliphatic heterocycles. The lowest BCUT2D eigenvalue weighted by Gasteiger charge is -2.20. The summed E-state index contributed by atoms with van der Waals surface area (Å²) in [6.07, 6.45) is 4.41. The van der Waals surface area contributed by atoms with E-state index in [1.54, 1.807) is 0 Å². The van der Waals surface area contributed by atoms with Crippen molar-refractivity contribution in [2.75, 3.05) is 5.32 Å². The van der Waals surface area contributed by atoms with Crippen LogP contribution in [0, 0.1) is 23.5 Å². The molecule has 0 saturated heterocycles. The van der Waals surface area contributed by atoms with Gasteiger partial charge < -0.3 is 10.4 Å². The highest BCUT2D eigenvalue weighted by atomic mass is 19.1. The molecule has 0 radical (unpaired) electrons. The zero-order chi connectivity index (χ0) is 13.6. The fourth-order valence-electron chi connectivity index (χ4n) is 2.53. The topological polar surface area (TPSA) is 49.3 Å². The highest BCUT2D eigenvalue weighted by Gasteiger charge is 2.42. The fourth-order valence-corrected chi connectivity index (χ4v) is 2.53. The molecule has 2 fully saturated rings. The molecule has 1 aromatic rings. The first-order chi connectivity index (χ1) is 9.06. The lowest BCUT2D eigenvalue weighted by molar-refractivity contribution is 0.0696. The molecule has 3 nitrogen and oxygen atoms in total. The van der Waals surface area contributed by atoms with Gasteiger partial charge in [0.15, 0.2) is 0 Å². The first-order valence-corrected chi connectivity index (χ1v) is 6.55. The van der Waals surface area contributed by atoms with Crippen LogP contribution in [0.25, 0.3) is 0 Å². The number of halogens is 2. The quantitative estimate of drug-likeness (QED) is 0.860. The van der Waals surface area contributed by atoms with Crippen LogP contribution >= 0.6 is 0 Å². The normalized spacial score (nSPS) is 18.7. The van der Waals surface area contributed by atoms with Crippen LogP contribution in [-0.4, -0.2) is 17.1 Å². The number of hydrogen-bond donors (Lipinski definition) is 2. The molecule has 2 N–H and O–H groups in total. The number of carboxylic acids is 1. The Kier molecular flexibility index (Phi) is 2.92. The molecule has 1 aromatic carbocycles. The molecule has 0 bridgehead atoms. The van der Waals surface area contributed by atoms with Crippen LogP contribution < -0.4 is 5.32 Å². The average molecular weight is 267 g/mol. The van der Waals surface area contributed by atoms with Gasteiger partial charge in [-0.1, -0.05) is 0 Å². The third-order valence-electron chi connectivity index (χ3n) is 3.86. The van der Waals surface area contributed by atoms with Gasteiger partial charge in [0.05, 0.1) is 5.56 Å². The van der Waals surface area contributed by atoms with E-state index >= 15 is 0 Å². The summed E-state index contributed by atoms with van der Waals surface area (Å²) in [6, 6.07) is 1.86. The Labute approximate surface area is 109 Å². The average Bonchev–Trinajstić information content (AvgIpc) is 3.21. The molecule has 3 rings (SSSR count). The van der Waals surface area contributed by atoms with Gasteiger partial charge in [0, 0.05) is 6.04 Å². The highest BCUT2D eigenvalue weighted by Crippen LogP contribution is 2.46. The minimum absolute atomic E-state index is 0.125. The Morgan fingerprint density at radius 2 is 1.63 bits per heavy atom. The molecule has 102 valence electrons. The number of rotatable bonds is 5. The number of nitrogens with one attached hydrogen (secondary N) is 1. The monoisotopic (exact) mass is 267 g/mol. The van der Waals surface area contributed by atoms with Crippen molar-refractivity contribution in [3.05, 3.63) is 29.3 Å². The molecule has 0 aromatic heterocycles. The SMILES string of the molecule is O=C(O)c1cc(F)c(NC(C2CC2)C2CC2)c(F)c1. The van der Waals surface area contributed by atoms with Crippen LogP contribution in [0.15, 0.2) is 12.1 Å². The van der Waals surface area contributed by atoms with E-state index in [1.165, 1.54) is 0 Å². The van der Waals surface area contributed by atoms with Crippen molar-refractivity contribution in [1.29, 1.82) is 0 Å². The molecule has 2 saturated carbocycles. The van der Waals surface area contributed by atoms with Gasteiger partial charge in [0.1, 0.15) is 17.3 Å².